The van der Waals surface area contributed by atoms with Crippen LogP contribution in [0.1, 0.15) is 30.7 Å². The van der Waals surface area contributed by atoms with Gasteiger partial charge in [-0.1, -0.05) is 44.2 Å². The number of aryl methyl sites for hydroxylation is 1. The third kappa shape index (κ3) is 5.20. The molecule has 0 fully saturated rings. The molecule has 6 nitrogen and oxygen atoms in total. The highest BCUT2D eigenvalue weighted by molar-refractivity contribution is 7.89. The Labute approximate surface area is 188 Å². The Kier molecular flexibility index (Phi) is 7.25. The van der Waals surface area contributed by atoms with Crippen molar-refractivity contribution in [2.45, 2.75) is 39.0 Å². The van der Waals surface area contributed by atoms with Gasteiger partial charge in [0.1, 0.15) is 5.01 Å². The van der Waals surface area contributed by atoms with Gasteiger partial charge in [0.15, 0.2) is 0 Å². The number of nitrogens with one attached hydrogen (secondary N) is 1. The largest absolute Gasteiger partial charge is 0.325 e. The van der Waals surface area contributed by atoms with Gasteiger partial charge in [-0.3, -0.25) is 4.79 Å². The number of aromatic nitrogens is 1. The maximum absolute atomic E-state index is 12.9. The molecular formula is C23H27N3O3S2. The Hall–Kier alpha value is -2.55. The van der Waals surface area contributed by atoms with Gasteiger partial charge in [0, 0.05) is 29.7 Å². The summed E-state index contributed by atoms with van der Waals surface area (Å²) in [6.07, 6.45) is 0.120. The standard InChI is InChI=1S/C23H27N3O3S2/c1-5-26(6-2)31(28,29)20-12-16(3)17(4)21(14-20)25-22(27)13-19-15-30-23(24-19)18-10-8-7-9-11-18/h7-12,14-15H,5-6,13H2,1-4H3,(H,25,27). The van der Waals surface area contributed by atoms with Crippen LogP contribution >= 0.6 is 11.3 Å². The van der Waals surface area contributed by atoms with E-state index in [4.69, 9.17) is 0 Å². The van der Waals surface area contributed by atoms with E-state index in [0.717, 1.165) is 21.7 Å². The molecule has 1 aromatic heterocycles. The second kappa shape index (κ2) is 9.72. The van der Waals surface area contributed by atoms with Gasteiger partial charge < -0.3 is 5.32 Å². The molecule has 2 aromatic carbocycles. The second-order valence-electron chi connectivity index (χ2n) is 7.24. The summed E-state index contributed by atoms with van der Waals surface area (Å²) in [5, 5.41) is 5.62. The van der Waals surface area contributed by atoms with Gasteiger partial charge in [-0.15, -0.1) is 11.3 Å². The number of hydrogen-bond donors (Lipinski definition) is 1. The highest BCUT2D eigenvalue weighted by Gasteiger charge is 2.23. The number of nitrogens with zero attached hydrogens (tertiary/aromatic N) is 2. The molecule has 1 N–H and O–H groups in total. The maximum atomic E-state index is 12.9. The first kappa shape index (κ1) is 23.1. The fourth-order valence-corrected chi connectivity index (χ4v) is 5.67. The molecule has 3 rings (SSSR count). The summed E-state index contributed by atoms with van der Waals surface area (Å²) in [7, 11) is -3.61. The molecule has 31 heavy (non-hydrogen) atoms. The Bertz CT molecular complexity index is 1170. The van der Waals surface area contributed by atoms with Crippen LogP contribution in [-0.2, 0) is 21.2 Å². The number of thiazole rings is 1. The number of carbonyl (C=O) groups excluding carboxylic acids is 1. The number of benzene rings is 2. The Balaban J connectivity index is 1.80. The zero-order valence-electron chi connectivity index (χ0n) is 18.2. The van der Waals surface area contributed by atoms with Gasteiger partial charge in [0.2, 0.25) is 15.9 Å². The number of carbonyl (C=O) groups is 1. The average Bonchev–Trinajstić information content (AvgIpc) is 3.20. The van der Waals surface area contributed by atoms with E-state index in [1.807, 2.05) is 63.4 Å². The minimum absolute atomic E-state index is 0.120. The summed E-state index contributed by atoms with van der Waals surface area (Å²) in [5.41, 5.74) is 3.86. The minimum Gasteiger partial charge on any atom is -0.325 e. The molecule has 1 heterocycles. The minimum atomic E-state index is -3.61. The van der Waals surface area contributed by atoms with Crippen molar-refractivity contribution in [3.05, 3.63) is 64.7 Å². The van der Waals surface area contributed by atoms with Crippen LogP contribution in [0.2, 0.25) is 0 Å². The maximum Gasteiger partial charge on any atom is 0.243 e. The van der Waals surface area contributed by atoms with Crippen LogP contribution < -0.4 is 5.32 Å². The van der Waals surface area contributed by atoms with Gasteiger partial charge in [0.25, 0.3) is 0 Å². The van der Waals surface area contributed by atoms with E-state index in [2.05, 4.69) is 10.3 Å². The third-order valence-electron chi connectivity index (χ3n) is 5.17. The molecule has 0 saturated heterocycles. The van der Waals surface area contributed by atoms with E-state index < -0.39 is 10.0 Å². The lowest BCUT2D eigenvalue weighted by atomic mass is 10.1. The lowest BCUT2D eigenvalue weighted by Gasteiger charge is -2.20. The molecule has 0 unspecified atom stereocenters. The van der Waals surface area contributed by atoms with E-state index in [9.17, 15) is 13.2 Å². The van der Waals surface area contributed by atoms with Crippen molar-refractivity contribution in [1.82, 2.24) is 9.29 Å². The molecule has 164 valence electrons. The van der Waals surface area contributed by atoms with Crippen molar-refractivity contribution in [2.24, 2.45) is 0 Å². The molecule has 0 aliphatic carbocycles. The smallest absolute Gasteiger partial charge is 0.243 e. The van der Waals surface area contributed by atoms with Crippen LogP contribution in [0.5, 0.6) is 0 Å². The van der Waals surface area contributed by atoms with Crippen LogP contribution in [0.4, 0.5) is 5.69 Å². The van der Waals surface area contributed by atoms with Crippen molar-refractivity contribution in [3.8, 4) is 10.6 Å². The van der Waals surface area contributed by atoms with E-state index in [1.165, 1.54) is 15.6 Å². The van der Waals surface area contributed by atoms with Crippen molar-refractivity contribution in [2.75, 3.05) is 18.4 Å². The fraction of sp³-hybridized carbons (Fsp3) is 0.304. The summed E-state index contributed by atoms with van der Waals surface area (Å²) in [4.78, 5) is 17.4. The van der Waals surface area contributed by atoms with Crippen LogP contribution in [0, 0.1) is 13.8 Å². The van der Waals surface area contributed by atoms with Crippen LogP contribution in [0.15, 0.2) is 52.7 Å². The summed E-state index contributed by atoms with van der Waals surface area (Å²) in [6, 6.07) is 13.0. The predicted molar refractivity (Wildman–Crippen MR) is 126 cm³/mol. The first-order valence-electron chi connectivity index (χ1n) is 10.2. The monoisotopic (exact) mass is 457 g/mol. The van der Waals surface area contributed by atoms with Crippen LogP contribution in [0.3, 0.4) is 0 Å². The Morgan fingerprint density at radius 3 is 2.42 bits per heavy atom. The third-order valence-corrected chi connectivity index (χ3v) is 8.14. The van der Waals surface area contributed by atoms with Gasteiger partial charge in [-0.2, -0.15) is 4.31 Å². The summed E-state index contributed by atoms with van der Waals surface area (Å²) < 4.78 is 27.3. The van der Waals surface area contributed by atoms with Crippen molar-refractivity contribution >= 4 is 33.0 Å². The number of sulfonamides is 1. The van der Waals surface area contributed by atoms with Gasteiger partial charge >= 0.3 is 0 Å². The quantitative estimate of drug-likeness (QED) is 0.534. The average molecular weight is 458 g/mol. The van der Waals surface area contributed by atoms with Crippen molar-refractivity contribution < 1.29 is 13.2 Å². The normalized spacial score (nSPS) is 11.6. The lowest BCUT2D eigenvalue weighted by Crippen LogP contribution is -2.30. The van der Waals surface area contributed by atoms with Crippen molar-refractivity contribution in [1.29, 1.82) is 0 Å². The molecule has 0 bridgehead atoms. The van der Waals surface area contributed by atoms with Crippen LogP contribution in [0.25, 0.3) is 10.6 Å². The van der Waals surface area contributed by atoms with Gasteiger partial charge in [0.05, 0.1) is 17.0 Å². The fourth-order valence-electron chi connectivity index (χ4n) is 3.28. The molecule has 3 aromatic rings. The number of hydrogen-bond acceptors (Lipinski definition) is 5. The number of amides is 1. The summed E-state index contributed by atoms with van der Waals surface area (Å²) >= 11 is 1.49. The molecule has 0 atom stereocenters. The first-order valence-corrected chi connectivity index (χ1v) is 12.5. The first-order chi connectivity index (χ1) is 14.8. The summed E-state index contributed by atoms with van der Waals surface area (Å²) in [6.45, 7) is 8.11. The Morgan fingerprint density at radius 1 is 1.10 bits per heavy atom. The zero-order valence-corrected chi connectivity index (χ0v) is 19.8. The van der Waals surface area contributed by atoms with Gasteiger partial charge in [-0.25, -0.2) is 13.4 Å². The van der Waals surface area contributed by atoms with E-state index in [-0.39, 0.29) is 17.2 Å². The molecule has 0 spiro atoms. The Morgan fingerprint density at radius 2 is 1.77 bits per heavy atom. The second-order valence-corrected chi connectivity index (χ2v) is 10.0. The highest BCUT2D eigenvalue weighted by atomic mass is 32.2. The SMILES string of the molecule is CCN(CC)S(=O)(=O)c1cc(C)c(C)c(NC(=O)Cc2csc(-c3ccccc3)n2)c1. The predicted octanol–water partition coefficient (Wildman–Crippen LogP) is 4.64. The topological polar surface area (TPSA) is 79.4 Å². The molecule has 0 radical (unpaired) electrons. The lowest BCUT2D eigenvalue weighted by molar-refractivity contribution is -0.115. The van der Waals surface area contributed by atoms with E-state index in [0.29, 0.717) is 24.5 Å². The summed E-state index contributed by atoms with van der Waals surface area (Å²) in [5.74, 6) is -0.232. The molecular weight excluding hydrogens is 430 g/mol. The number of anilines is 1. The number of rotatable bonds is 8. The van der Waals surface area contributed by atoms with Crippen molar-refractivity contribution in [3.63, 3.8) is 0 Å². The molecule has 0 aliphatic rings. The molecule has 1 amide bonds. The van der Waals surface area contributed by atoms with E-state index >= 15 is 0 Å². The molecule has 0 saturated carbocycles. The van der Waals surface area contributed by atoms with Gasteiger partial charge in [-0.05, 0) is 37.1 Å². The zero-order chi connectivity index (χ0) is 22.6. The highest BCUT2D eigenvalue weighted by Crippen LogP contribution is 2.27. The van der Waals surface area contributed by atoms with E-state index in [1.54, 1.807) is 12.1 Å². The molecule has 0 aliphatic heterocycles. The molecule has 8 heteroatoms. The van der Waals surface area contributed by atoms with Crippen LogP contribution in [-0.4, -0.2) is 36.7 Å².